The van der Waals surface area contributed by atoms with E-state index in [-0.39, 0.29) is 24.1 Å². The van der Waals surface area contributed by atoms with Crippen LogP contribution in [0.5, 0.6) is 5.75 Å². The summed E-state index contributed by atoms with van der Waals surface area (Å²) in [4.78, 5) is 23.9. The van der Waals surface area contributed by atoms with E-state index in [4.69, 9.17) is 4.74 Å². The molecule has 0 aliphatic rings. The maximum atomic E-state index is 12.4. The topological polar surface area (TPSA) is 86.1 Å². The van der Waals surface area contributed by atoms with Gasteiger partial charge in [0.2, 0.25) is 5.91 Å². The van der Waals surface area contributed by atoms with E-state index in [1.807, 2.05) is 28.8 Å². The normalized spacial score (nSPS) is 10.5. The molecule has 0 spiro atoms. The van der Waals surface area contributed by atoms with Gasteiger partial charge in [0.25, 0.3) is 0 Å². The summed E-state index contributed by atoms with van der Waals surface area (Å²) in [6.07, 6.45) is 1.74. The molecule has 0 aliphatic heterocycles. The first-order valence-electron chi connectivity index (χ1n) is 9.41. The maximum absolute atomic E-state index is 12.4. The third-order valence-corrected chi connectivity index (χ3v) is 5.67. The summed E-state index contributed by atoms with van der Waals surface area (Å²) < 4.78 is 8.62. The van der Waals surface area contributed by atoms with Crippen molar-refractivity contribution in [1.82, 2.24) is 14.8 Å². The van der Waals surface area contributed by atoms with Crippen molar-refractivity contribution in [3.05, 3.63) is 77.0 Å². The molecule has 3 rings (SSSR count). The highest BCUT2D eigenvalue weighted by atomic mass is 79.9. The van der Waals surface area contributed by atoms with Crippen LogP contribution in [0, 0.1) is 0 Å². The molecular formula is C22H21BrN4O3S. The number of halogens is 1. The van der Waals surface area contributed by atoms with Crippen LogP contribution in [0.3, 0.4) is 0 Å². The number of nitrogens with one attached hydrogen (secondary N) is 1. The summed E-state index contributed by atoms with van der Waals surface area (Å²) in [6, 6.07) is 14.4. The first kappa shape index (κ1) is 22.8. The Morgan fingerprint density at radius 3 is 2.71 bits per heavy atom. The summed E-state index contributed by atoms with van der Waals surface area (Å²) in [5, 5.41) is 11.8. The quantitative estimate of drug-likeness (QED) is 0.246. The van der Waals surface area contributed by atoms with Crippen LogP contribution >= 0.6 is 27.7 Å². The largest absolute Gasteiger partial charge is 0.486 e. The second kappa shape index (κ2) is 10.9. The second-order valence-corrected chi connectivity index (χ2v) is 8.37. The van der Waals surface area contributed by atoms with Crippen molar-refractivity contribution >= 4 is 45.1 Å². The molecule has 0 radical (unpaired) electrons. The molecule has 2 aromatic carbocycles. The zero-order valence-corrected chi connectivity index (χ0v) is 19.3. The Balaban J connectivity index is 1.61. The molecule has 0 unspecified atom stereocenters. The number of ketones is 1. The Hall–Kier alpha value is -2.91. The van der Waals surface area contributed by atoms with Gasteiger partial charge < -0.3 is 10.1 Å². The predicted octanol–water partition coefficient (Wildman–Crippen LogP) is 4.74. The summed E-state index contributed by atoms with van der Waals surface area (Å²) >= 11 is 4.66. The summed E-state index contributed by atoms with van der Waals surface area (Å²) in [7, 11) is 0. The Bertz CT molecular complexity index is 1080. The fourth-order valence-electron chi connectivity index (χ4n) is 2.67. The van der Waals surface area contributed by atoms with E-state index in [9.17, 15) is 9.59 Å². The number of benzene rings is 2. The number of thioether (sulfide) groups is 1. The van der Waals surface area contributed by atoms with Gasteiger partial charge in [-0.05, 0) is 43.3 Å². The van der Waals surface area contributed by atoms with Crippen LogP contribution in [-0.2, 0) is 17.9 Å². The van der Waals surface area contributed by atoms with E-state index in [2.05, 4.69) is 38.0 Å². The van der Waals surface area contributed by atoms with Crippen molar-refractivity contribution in [3.8, 4) is 5.75 Å². The van der Waals surface area contributed by atoms with Crippen LogP contribution in [0.25, 0.3) is 0 Å². The molecule has 160 valence electrons. The lowest BCUT2D eigenvalue weighted by atomic mass is 10.1. The van der Waals surface area contributed by atoms with Gasteiger partial charge in [0.15, 0.2) is 16.8 Å². The highest BCUT2D eigenvalue weighted by Crippen LogP contribution is 2.21. The highest BCUT2D eigenvalue weighted by molar-refractivity contribution is 9.10. The third kappa shape index (κ3) is 6.53. The summed E-state index contributed by atoms with van der Waals surface area (Å²) in [5.41, 5.74) is 1.13. The van der Waals surface area contributed by atoms with E-state index >= 15 is 0 Å². The minimum atomic E-state index is -0.202. The van der Waals surface area contributed by atoms with Crippen LogP contribution in [-0.4, -0.2) is 32.2 Å². The van der Waals surface area contributed by atoms with Gasteiger partial charge in [0.05, 0.1) is 5.75 Å². The molecule has 1 aromatic heterocycles. The number of aromatic nitrogens is 3. The number of allylic oxidation sites excluding steroid dienone is 1. The lowest BCUT2D eigenvalue weighted by molar-refractivity contribution is -0.113. The Kier molecular flexibility index (Phi) is 8.02. The summed E-state index contributed by atoms with van der Waals surface area (Å²) in [6.45, 7) is 6.01. The number of rotatable bonds is 10. The maximum Gasteiger partial charge on any atom is 0.234 e. The lowest BCUT2D eigenvalue weighted by Crippen LogP contribution is -2.15. The average Bonchev–Trinajstić information content (AvgIpc) is 3.14. The fraction of sp³-hybridized carbons (Fsp3) is 0.182. The molecule has 0 fully saturated rings. The van der Waals surface area contributed by atoms with Gasteiger partial charge in [-0.15, -0.1) is 16.8 Å². The molecule has 1 N–H and O–H groups in total. The number of ether oxygens (including phenoxy) is 1. The second-order valence-electron chi connectivity index (χ2n) is 6.51. The molecule has 0 aliphatic carbocycles. The Morgan fingerprint density at radius 2 is 2.00 bits per heavy atom. The van der Waals surface area contributed by atoms with Gasteiger partial charge in [0.1, 0.15) is 12.4 Å². The molecule has 7 nitrogen and oxygen atoms in total. The SMILES string of the molecule is C=CCn1c(COc2ccc(Br)cc2)nnc1SCC(=O)Nc1cccc(C(C)=O)c1. The zero-order chi connectivity index (χ0) is 22.2. The molecule has 0 bridgehead atoms. The van der Waals surface area contributed by atoms with Crippen LogP contribution in [0.1, 0.15) is 23.1 Å². The van der Waals surface area contributed by atoms with Crippen LogP contribution < -0.4 is 10.1 Å². The van der Waals surface area contributed by atoms with Gasteiger partial charge >= 0.3 is 0 Å². The van der Waals surface area contributed by atoms with Crippen molar-refractivity contribution in [2.75, 3.05) is 11.1 Å². The minimum Gasteiger partial charge on any atom is -0.486 e. The first-order valence-corrected chi connectivity index (χ1v) is 11.2. The van der Waals surface area contributed by atoms with Crippen molar-refractivity contribution < 1.29 is 14.3 Å². The Labute approximate surface area is 193 Å². The van der Waals surface area contributed by atoms with Gasteiger partial charge in [-0.1, -0.05) is 45.9 Å². The van der Waals surface area contributed by atoms with E-state index in [1.54, 1.807) is 30.3 Å². The first-order chi connectivity index (χ1) is 15.0. The Morgan fingerprint density at radius 1 is 1.23 bits per heavy atom. The molecule has 1 heterocycles. The molecule has 0 atom stereocenters. The van der Waals surface area contributed by atoms with Crippen molar-refractivity contribution in [2.24, 2.45) is 0 Å². The molecular weight excluding hydrogens is 480 g/mol. The van der Waals surface area contributed by atoms with E-state index in [1.165, 1.54) is 18.7 Å². The van der Waals surface area contributed by atoms with E-state index < -0.39 is 0 Å². The van der Waals surface area contributed by atoms with E-state index in [0.29, 0.717) is 28.8 Å². The van der Waals surface area contributed by atoms with Crippen LogP contribution in [0.4, 0.5) is 5.69 Å². The molecule has 3 aromatic rings. The number of Topliss-reactive ketones (excluding diaryl/α,β-unsaturated/α-hetero) is 1. The third-order valence-electron chi connectivity index (χ3n) is 4.17. The lowest BCUT2D eigenvalue weighted by Gasteiger charge is -2.09. The molecule has 9 heteroatoms. The molecule has 0 saturated carbocycles. The predicted molar refractivity (Wildman–Crippen MR) is 124 cm³/mol. The van der Waals surface area contributed by atoms with Crippen LogP contribution in [0.2, 0.25) is 0 Å². The number of amides is 1. The monoisotopic (exact) mass is 500 g/mol. The van der Waals surface area contributed by atoms with Gasteiger partial charge in [-0.3, -0.25) is 14.2 Å². The number of hydrogen-bond donors (Lipinski definition) is 1. The number of hydrogen-bond acceptors (Lipinski definition) is 6. The number of carbonyl (C=O) groups excluding carboxylic acids is 2. The van der Waals surface area contributed by atoms with Gasteiger partial charge in [-0.25, -0.2) is 0 Å². The van der Waals surface area contributed by atoms with E-state index in [0.717, 1.165) is 10.2 Å². The number of anilines is 1. The average molecular weight is 501 g/mol. The van der Waals surface area contributed by atoms with Crippen molar-refractivity contribution in [2.45, 2.75) is 25.2 Å². The summed E-state index contributed by atoms with van der Waals surface area (Å²) in [5.74, 6) is 1.25. The van der Waals surface area contributed by atoms with Crippen molar-refractivity contribution in [3.63, 3.8) is 0 Å². The van der Waals surface area contributed by atoms with Crippen LogP contribution in [0.15, 0.2) is 70.8 Å². The fourth-order valence-corrected chi connectivity index (χ4v) is 3.70. The van der Waals surface area contributed by atoms with Gasteiger partial charge in [0, 0.05) is 22.3 Å². The molecule has 1 amide bonds. The van der Waals surface area contributed by atoms with Crippen molar-refractivity contribution in [1.29, 1.82) is 0 Å². The minimum absolute atomic E-state index is 0.0547. The smallest absolute Gasteiger partial charge is 0.234 e. The molecule has 0 saturated heterocycles. The molecule has 31 heavy (non-hydrogen) atoms. The zero-order valence-electron chi connectivity index (χ0n) is 16.9. The standard InChI is InChI=1S/C22H21BrN4O3S/c1-3-11-27-20(13-30-19-9-7-17(23)8-10-19)25-26-22(27)31-14-21(29)24-18-6-4-5-16(12-18)15(2)28/h3-10,12H,1,11,13-14H2,2H3,(H,24,29). The number of nitrogens with zero attached hydrogens (tertiary/aromatic N) is 3. The number of carbonyl (C=O) groups is 2. The highest BCUT2D eigenvalue weighted by Gasteiger charge is 2.14. The van der Waals surface area contributed by atoms with Gasteiger partial charge in [-0.2, -0.15) is 0 Å².